The maximum atomic E-state index is 12.2. The summed E-state index contributed by atoms with van der Waals surface area (Å²) in [5, 5.41) is 0. The molecule has 0 amide bonds. The molecule has 5 heteroatoms. The SMILES string of the molecule is CCc1cccc(OS(=O)(=O)c2ccc(C)cc2)c(=O)c1. The predicted molar refractivity (Wildman–Crippen MR) is 81.1 cm³/mol. The summed E-state index contributed by atoms with van der Waals surface area (Å²) in [6, 6.07) is 12.4. The van der Waals surface area contributed by atoms with Crippen LogP contribution in [0.1, 0.15) is 18.1 Å². The molecule has 0 fully saturated rings. The number of hydrogen-bond acceptors (Lipinski definition) is 4. The molecule has 0 spiro atoms. The van der Waals surface area contributed by atoms with E-state index in [1.807, 2.05) is 13.8 Å². The van der Waals surface area contributed by atoms with Gasteiger partial charge in [-0.2, -0.15) is 8.42 Å². The van der Waals surface area contributed by atoms with E-state index in [4.69, 9.17) is 4.18 Å². The maximum absolute atomic E-state index is 12.2. The smallest absolute Gasteiger partial charge is 0.339 e. The lowest BCUT2D eigenvalue weighted by atomic mass is 10.2. The average molecular weight is 304 g/mol. The van der Waals surface area contributed by atoms with Crippen molar-refractivity contribution in [3.8, 4) is 5.75 Å². The summed E-state index contributed by atoms with van der Waals surface area (Å²) in [6.07, 6.45) is 0.689. The number of rotatable bonds is 4. The van der Waals surface area contributed by atoms with Crippen LogP contribution in [-0.4, -0.2) is 8.42 Å². The third-order valence-corrected chi connectivity index (χ3v) is 4.28. The van der Waals surface area contributed by atoms with Crippen molar-refractivity contribution in [2.24, 2.45) is 0 Å². The number of benzene rings is 1. The molecule has 21 heavy (non-hydrogen) atoms. The molecule has 0 atom stereocenters. The van der Waals surface area contributed by atoms with Gasteiger partial charge in [-0.1, -0.05) is 36.8 Å². The summed E-state index contributed by atoms with van der Waals surface area (Å²) < 4.78 is 29.3. The van der Waals surface area contributed by atoms with Gasteiger partial charge < -0.3 is 4.18 Å². The Labute approximate surface area is 124 Å². The monoisotopic (exact) mass is 304 g/mol. The van der Waals surface area contributed by atoms with Crippen molar-refractivity contribution in [3.63, 3.8) is 0 Å². The van der Waals surface area contributed by atoms with Crippen LogP contribution < -0.4 is 9.61 Å². The summed E-state index contributed by atoms with van der Waals surface area (Å²) in [6.45, 7) is 3.77. The van der Waals surface area contributed by atoms with E-state index in [0.29, 0.717) is 6.42 Å². The van der Waals surface area contributed by atoms with E-state index >= 15 is 0 Å². The van der Waals surface area contributed by atoms with Crippen molar-refractivity contribution in [1.29, 1.82) is 0 Å². The summed E-state index contributed by atoms with van der Waals surface area (Å²) in [4.78, 5) is 12.0. The highest BCUT2D eigenvalue weighted by Gasteiger charge is 2.17. The van der Waals surface area contributed by atoms with E-state index in [1.165, 1.54) is 24.3 Å². The van der Waals surface area contributed by atoms with Crippen LogP contribution >= 0.6 is 0 Å². The lowest BCUT2D eigenvalue weighted by molar-refractivity contribution is 0.484. The fraction of sp³-hybridized carbons (Fsp3) is 0.188. The van der Waals surface area contributed by atoms with Gasteiger partial charge in [-0.05, 0) is 43.2 Å². The lowest BCUT2D eigenvalue weighted by Crippen LogP contribution is -2.14. The van der Waals surface area contributed by atoms with Crippen molar-refractivity contribution < 1.29 is 12.6 Å². The molecule has 0 aliphatic heterocycles. The van der Waals surface area contributed by atoms with Crippen LogP contribution in [0.4, 0.5) is 0 Å². The van der Waals surface area contributed by atoms with E-state index in [0.717, 1.165) is 11.1 Å². The van der Waals surface area contributed by atoms with E-state index < -0.39 is 15.5 Å². The first-order valence-corrected chi connectivity index (χ1v) is 7.97. The van der Waals surface area contributed by atoms with Crippen LogP contribution in [0.15, 0.2) is 58.2 Å². The highest BCUT2D eigenvalue weighted by Crippen LogP contribution is 2.16. The van der Waals surface area contributed by atoms with Gasteiger partial charge >= 0.3 is 10.1 Å². The van der Waals surface area contributed by atoms with E-state index in [9.17, 15) is 13.2 Å². The second-order valence-corrected chi connectivity index (χ2v) is 6.22. The molecular formula is C16H16O4S. The molecular weight excluding hydrogens is 288 g/mol. The van der Waals surface area contributed by atoms with Gasteiger partial charge in [-0.3, -0.25) is 4.79 Å². The molecule has 2 aromatic carbocycles. The highest BCUT2D eigenvalue weighted by atomic mass is 32.2. The normalized spacial score (nSPS) is 11.1. The van der Waals surface area contributed by atoms with Gasteiger partial charge in [0.05, 0.1) is 0 Å². The molecule has 4 nitrogen and oxygen atoms in total. The second kappa shape index (κ2) is 6.10. The Balaban J connectivity index is 2.40. The van der Waals surface area contributed by atoms with Crippen molar-refractivity contribution >= 4 is 10.1 Å². The van der Waals surface area contributed by atoms with E-state index in [2.05, 4.69) is 0 Å². The highest BCUT2D eigenvalue weighted by molar-refractivity contribution is 7.87. The third-order valence-electron chi connectivity index (χ3n) is 3.03. The minimum Gasteiger partial charge on any atom is -0.375 e. The zero-order chi connectivity index (χ0) is 15.5. The predicted octanol–water partition coefficient (Wildman–Crippen LogP) is 2.69. The number of aryl methyl sites for hydroxylation is 2. The first-order valence-electron chi connectivity index (χ1n) is 6.57. The molecule has 0 saturated carbocycles. The third kappa shape index (κ3) is 3.70. The topological polar surface area (TPSA) is 60.4 Å². The van der Waals surface area contributed by atoms with Crippen LogP contribution in [0.2, 0.25) is 0 Å². The van der Waals surface area contributed by atoms with Crippen molar-refractivity contribution in [1.82, 2.24) is 0 Å². The molecule has 0 bridgehead atoms. The van der Waals surface area contributed by atoms with Gasteiger partial charge in [0.1, 0.15) is 4.90 Å². The molecule has 0 aliphatic carbocycles. The fourth-order valence-corrected chi connectivity index (χ4v) is 2.73. The minimum absolute atomic E-state index is 0.0229. The molecule has 0 unspecified atom stereocenters. The summed E-state index contributed by atoms with van der Waals surface area (Å²) in [5.74, 6) is -0.199. The Morgan fingerprint density at radius 1 is 1.05 bits per heavy atom. The maximum Gasteiger partial charge on any atom is 0.339 e. The first-order chi connectivity index (χ1) is 9.92. The fourth-order valence-electron chi connectivity index (χ4n) is 1.79. The average Bonchev–Trinajstić information content (AvgIpc) is 2.61. The molecule has 110 valence electrons. The molecule has 0 N–H and O–H groups in total. The van der Waals surface area contributed by atoms with Gasteiger partial charge in [-0.15, -0.1) is 0 Å². The quantitative estimate of drug-likeness (QED) is 0.815. The second-order valence-electron chi connectivity index (χ2n) is 4.68. The number of hydrogen-bond donors (Lipinski definition) is 0. The Morgan fingerprint density at radius 3 is 2.33 bits per heavy atom. The Kier molecular flexibility index (Phi) is 4.43. The van der Waals surface area contributed by atoms with Crippen LogP contribution in [0.25, 0.3) is 0 Å². The lowest BCUT2D eigenvalue weighted by Gasteiger charge is -2.05. The molecule has 2 aromatic rings. The summed E-state index contributed by atoms with van der Waals surface area (Å²) >= 11 is 0. The van der Waals surface area contributed by atoms with Gasteiger partial charge in [0.2, 0.25) is 5.43 Å². The largest absolute Gasteiger partial charge is 0.375 e. The van der Waals surface area contributed by atoms with Gasteiger partial charge in [0.25, 0.3) is 0 Å². The molecule has 0 saturated heterocycles. The molecule has 0 radical (unpaired) electrons. The standard InChI is InChI=1S/C16H16O4S/c1-3-13-5-4-6-16(15(17)11-13)20-21(18,19)14-9-7-12(2)8-10-14/h4-11H,3H2,1-2H3. The van der Waals surface area contributed by atoms with Crippen molar-refractivity contribution in [2.75, 3.05) is 0 Å². The van der Waals surface area contributed by atoms with Crippen LogP contribution in [0.5, 0.6) is 5.75 Å². The molecule has 0 aromatic heterocycles. The Morgan fingerprint density at radius 2 is 1.71 bits per heavy atom. The zero-order valence-corrected chi connectivity index (χ0v) is 12.7. The summed E-state index contributed by atoms with van der Waals surface area (Å²) in [5.41, 5.74) is 1.31. The summed E-state index contributed by atoms with van der Waals surface area (Å²) in [7, 11) is -4.00. The molecule has 0 heterocycles. The van der Waals surface area contributed by atoms with E-state index in [-0.39, 0.29) is 10.6 Å². The molecule has 2 rings (SSSR count). The van der Waals surface area contributed by atoms with Gasteiger partial charge in [0.15, 0.2) is 5.75 Å². The van der Waals surface area contributed by atoms with Crippen molar-refractivity contribution in [3.05, 3.63) is 69.9 Å². The van der Waals surface area contributed by atoms with Gasteiger partial charge in [0, 0.05) is 0 Å². The van der Waals surface area contributed by atoms with Gasteiger partial charge in [-0.25, -0.2) is 0 Å². The zero-order valence-electron chi connectivity index (χ0n) is 11.9. The Hall–Kier alpha value is -2.14. The minimum atomic E-state index is -4.00. The van der Waals surface area contributed by atoms with Crippen LogP contribution in [-0.2, 0) is 16.5 Å². The Bertz CT molecular complexity index is 793. The van der Waals surface area contributed by atoms with E-state index in [1.54, 1.807) is 24.3 Å². The van der Waals surface area contributed by atoms with Crippen LogP contribution in [0.3, 0.4) is 0 Å². The van der Waals surface area contributed by atoms with Crippen LogP contribution in [0, 0.1) is 6.92 Å². The first kappa shape index (κ1) is 15.3. The molecule has 0 aliphatic rings. The van der Waals surface area contributed by atoms with Crippen molar-refractivity contribution in [2.45, 2.75) is 25.2 Å².